The van der Waals surface area contributed by atoms with Crippen molar-refractivity contribution in [1.29, 1.82) is 0 Å². The largest absolute Gasteiger partial charge is 0.484 e. The Morgan fingerprint density at radius 1 is 1.47 bits per heavy atom. The maximum atomic E-state index is 11.5. The van der Waals surface area contributed by atoms with Crippen LogP contribution in [0.3, 0.4) is 0 Å². The lowest BCUT2D eigenvalue weighted by Gasteiger charge is -2.19. The van der Waals surface area contributed by atoms with E-state index in [0.29, 0.717) is 10.8 Å². The summed E-state index contributed by atoms with van der Waals surface area (Å²) in [4.78, 5) is 11.5. The average Bonchev–Trinajstić information content (AvgIpc) is 2.28. The van der Waals surface area contributed by atoms with E-state index in [1.165, 1.54) is 0 Å². The maximum Gasteiger partial charge on any atom is 0.259 e. The SMILES string of the molecule is C#CC(C)(C)NC(=O)COc1ccc(Cl)cc1. The predicted octanol–water partition coefficient (Wildman–Crippen LogP) is 2.25. The second-order valence-corrected chi connectivity index (χ2v) is 4.50. The molecule has 0 spiro atoms. The number of terminal acetylenes is 1. The maximum absolute atomic E-state index is 11.5. The molecule has 1 N–H and O–H groups in total. The van der Waals surface area contributed by atoms with E-state index in [-0.39, 0.29) is 12.5 Å². The van der Waals surface area contributed by atoms with Gasteiger partial charge in [-0.3, -0.25) is 4.79 Å². The highest BCUT2D eigenvalue weighted by molar-refractivity contribution is 6.30. The standard InChI is InChI=1S/C13H14ClNO2/c1-4-13(2,3)15-12(16)9-17-11-7-5-10(14)6-8-11/h1,5-8H,9H2,2-3H3,(H,15,16). The van der Waals surface area contributed by atoms with Gasteiger partial charge in [0.25, 0.3) is 5.91 Å². The smallest absolute Gasteiger partial charge is 0.259 e. The first kappa shape index (κ1) is 13.4. The lowest BCUT2D eigenvalue weighted by molar-refractivity contribution is -0.124. The fourth-order valence-electron chi connectivity index (χ4n) is 1.10. The third kappa shape index (κ3) is 4.80. The molecule has 0 fully saturated rings. The van der Waals surface area contributed by atoms with Crippen LogP contribution >= 0.6 is 11.6 Å². The summed E-state index contributed by atoms with van der Waals surface area (Å²) in [5, 5.41) is 3.28. The zero-order chi connectivity index (χ0) is 12.9. The van der Waals surface area contributed by atoms with E-state index in [1.807, 2.05) is 0 Å². The first-order valence-electron chi connectivity index (χ1n) is 5.10. The lowest BCUT2D eigenvalue weighted by atomic mass is 10.1. The number of carbonyl (C=O) groups is 1. The fourth-order valence-corrected chi connectivity index (χ4v) is 1.23. The molecule has 3 nitrogen and oxygen atoms in total. The Labute approximate surface area is 106 Å². The van der Waals surface area contributed by atoms with Gasteiger partial charge in [0.15, 0.2) is 6.61 Å². The molecule has 1 aromatic rings. The number of amides is 1. The van der Waals surface area contributed by atoms with E-state index in [2.05, 4.69) is 11.2 Å². The van der Waals surface area contributed by atoms with Crippen molar-refractivity contribution in [2.24, 2.45) is 0 Å². The first-order chi connectivity index (χ1) is 7.93. The molecule has 0 radical (unpaired) electrons. The molecule has 90 valence electrons. The molecule has 0 heterocycles. The molecular formula is C13H14ClNO2. The molecule has 0 bridgehead atoms. The summed E-state index contributed by atoms with van der Waals surface area (Å²) in [5.74, 6) is 2.80. The van der Waals surface area contributed by atoms with Crippen LogP contribution < -0.4 is 10.1 Å². The molecule has 4 heteroatoms. The summed E-state index contributed by atoms with van der Waals surface area (Å²) in [6.45, 7) is 3.41. The minimum atomic E-state index is -0.666. The highest BCUT2D eigenvalue weighted by Gasteiger charge is 2.16. The summed E-state index contributed by atoms with van der Waals surface area (Å²) in [6, 6.07) is 6.78. The van der Waals surface area contributed by atoms with E-state index in [4.69, 9.17) is 22.8 Å². The highest BCUT2D eigenvalue weighted by Crippen LogP contribution is 2.15. The Morgan fingerprint density at radius 3 is 2.59 bits per heavy atom. The zero-order valence-corrected chi connectivity index (χ0v) is 10.5. The van der Waals surface area contributed by atoms with Gasteiger partial charge in [-0.1, -0.05) is 17.5 Å². The average molecular weight is 252 g/mol. The van der Waals surface area contributed by atoms with Gasteiger partial charge in [0.1, 0.15) is 5.75 Å². The molecule has 1 amide bonds. The topological polar surface area (TPSA) is 38.3 Å². The molecule has 0 aliphatic rings. The Bertz CT molecular complexity index is 432. The number of hydrogen-bond acceptors (Lipinski definition) is 2. The summed E-state index contributed by atoms with van der Waals surface area (Å²) >= 11 is 5.72. The van der Waals surface area contributed by atoms with Gasteiger partial charge in [-0.2, -0.15) is 0 Å². The predicted molar refractivity (Wildman–Crippen MR) is 68.0 cm³/mol. The molecular weight excluding hydrogens is 238 g/mol. The Kier molecular flexibility index (Phi) is 4.42. The van der Waals surface area contributed by atoms with Crippen LogP contribution in [0.5, 0.6) is 5.75 Å². The van der Waals surface area contributed by atoms with Crippen molar-refractivity contribution in [1.82, 2.24) is 5.32 Å². The fraction of sp³-hybridized carbons (Fsp3) is 0.308. The van der Waals surface area contributed by atoms with E-state index in [0.717, 1.165) is 0 Å². The minimum absolute atomic E-state index is 0.0766. The molecule has 1 rings (SSSR count). The van der Waals surface area contributed by atoms with Gasteiger partial charge in [0, 0.05) is 5.02 Å². The highest BCUT2D eigenvalue weighted by atomic mass is 35.5. The van der Waals surface area contributed by atoms with Crippen LogP contribution in [0.15, 0.2) is 24.3 Å². The minimum Gasteiger partial charge on any atom is -0.484 e. The van der Waals surface area contributed by atoms with Gasteiger partial charge < -0.3 is 10.1 Å². The second-order valence-electron chi connectivity index (χ2n) is 4.06. The van der Waals surface area contributed by atoms with Crippen LogP contribution in [-0.2, 0) is 4.79 Å². The van der Waals surface area contributed by atoms with Crippen LogP contribution in [0.2, 0.25) is 5.02 Å². The Morgan fingerprint density at radius 2 is 2.06 bits per heavy atom. The van der Waals surface area contributed by atoms with Gasteiger partial charge >= 0.3 is 0 Å². The number of carbonyl (C=O) groups excluding carboxylic acids is 1. The molecule has 0 aliphatic carbocycles. The summed E-state index contributed by atoms with van der Waals surface area (Å²) in [7, 11) is 0. The second kappa shape index (κ2) is 5.60. The van der Waals surface area contributed by atoms with Gasteiger partial charge in [-0.05, 0) is 38.1 Å². The van der Waals surface area contributed by atoms with E-state index < -0.39 is 5.54 Å². The van der Waals surface area contributed by atoms with Crippen LogP contribution in [-0.4, -0.2) is 18.1 Å². The summed E-state index contributed by atoms with van der Waals surface area (Å²) in [5.41, 5.74) is -0.666. The van der Waals surface area contributed by atoms with Crippen LogP contribution in [0.1, 0.15) is 13.8 Å². The number of halogens is 1. The van der Waals surface area contributed by atoms with Crippen molar-refractivity contribution in [3.63, 3.8) is 0 Å². The third-order valence-electron chi connectivity index (χ3n) is 2.00. The third-order valence-corrected chi connectivity index (χ3v) is 2.25. The van der Waals surface area contributed by atoms with Crippen molar-refractivity contribution in [2.75, 3.05) is 6.61 Å². The van der Waals surface area contributed by atoms with Crippen LogP contribution in [0.4, 0.5) is 0 Å². The van der Waals surface area contributed by atoms with Crippen molar-refractivity contribution in [2.45, 2.75) is 19.4 Å². The van der Waals surface area contributed by atoms with E-state index in [9.17, 15) is 4.79 Å². The van der Waals surface area contributed by atoms with Crippen LogP contribution in [0.25, 0.3) is 0 Å². The molecule has 17 heavy (non-hydrogen) atoms. The van der Waals surface area contributed by atoms with Gasteiger partial charge in [-0.25, -0.2) is 0 Å². The number of nitrogens with one attached hydrogen (secondary N) is 1. The van der Waals surface area contributed by atoms with Gasteiger partial charge in [0.2, 0.25) is 0 Å². The zero-order valence-electron chi connectivity index (χ0n) is 9.79. The summed E-state index contributed by atoms with van der Waals surface area (Å²) < 4.78 is 5.27. The van der Waals surface area contributed by atoms with Gasteiger partial charge in [-0.15, -0.1) is 6.42 Å². The molecule has 0 saturated heterocycles. The number of hydrogen-bond donors (Lipinski definition) is 1. The Hall–Kier alpha value is -1.66. The Balaban J connectivity index is 2.44. The monoisotopic (exact) mass is 251 g/mol. The van der Waals surface area contributed by atoms with E-state index >= 15 is 0 Å². The normalized spacial score (nSPS) is 10.5. The van der Waals surface area contributed by atoms with Crippen LogP contribution in [0, 0.1) is 12.3 Å². The number of rotatable bonds is 4. The number of ether oxygens (including phenoxy) is 1. The summed E-state index contributed by atoms with van der Waals surface area (Å²) in [6.07, 6.45) is 5.26. The molecule has 0 saturated carbocycles. The quantitative estimate of drug-likeness (QED) is 0.834. The van der Waals surface area contributed by atoms with Gasteiger partial charge in [0.05, 0.1) is 5.54 Å². The van der Waals surface area contributed by atoms with Crippen molar-refractivity contribution < 1.29 is 9.53 Å². The van der Waals surface area contributed by atoms with Crippen molar-refractivity contribution in [3.05, 3.63) is 29.3 Å². The van der Waals surface area contributed by atoms with Crippen molar-refractivity contribution in [3.8, 4) is 18.1 Å². The molecule has 1 aromatic carbocycles. The van der Waals surface area contributed by atoms with E-state index in [1.54, 1.807) is 38.1 Å². The molecule has 0 atom stereocenters. The lowest BCUT2D eigenvalue weighted by Crippen LogP contribution is -2.44. The number of benzene rings is 1. The molecule has 0 aliphatic heterocycles. The van der Waals surface area contributed by atoms with Crippen molar-refractivity contribution >= 4 is 17.5 Å². The molecule has 0 unspecified atom stereocenters. The first-order valence-corrected chi connectivity index (χ1v) is 5.48. The molecule has 0 aromatic heterocycles.